The van der Waals surface area contributed by atoms with Gasteiger partial charge in [0.05, 0.1) is 12.1 Å². The zero-order chi connectivity index (χ0) is 19.3. The van der Waals surface area contributed by atoms with Crippen LogP contribution in [0.1, 0.15) is 31.4 Å². The number of halogens is 1. The lowest BCUT2D eigenvalue weighted by Gasteiger charge is -2.13. The molecule has 1 saturated carbocycles. The number of likely N-dealkylation sites (N-methyl/N-ethyl adjacent to an activating group) is 1. The Kier molecular flexibility index (Phi) is 4.46. The third-order valence-corrected chi connectivity index (χ3v) is 5.66. The lowest BCUT2D eigenvalue weighted by Crippen LogP contribution is -2.27. The van der Waals surface area contributed by atoms with Gasteiger partial charge in [-0.1, -0.05) is 15.9 Å². The number of pyridine rings is 1. The fourth-order valence-electron chi connectivity index (χ4n) is 3.33. The zero-order valence-electron chi connectivity index (χ0n) is 15.4. The zero-order valence-corrected chi connectivity index (χ0v) is 17.0. The standard InChI is InChI=1S/C19H20BrN3O4/c1-4-26-14(24)9-22(3)19-21-15-17(27-19)12-7-8-13(20)10(2)16(12)23(18(15)25)11-5-6-11/h7-8,11H,4-6,9H2,1-3H3. The molecule has 2 heterocycles. The SMILES string of the molecule is CCOC(=O)CN(C)c1nc2c(=O)n(C3CC3)c3c(C)c(Br)ccc3c2o1. The Balaban J connectivity index is 1.92. The maximum absolute atomic E-state index is 13.2. The van der Waals surface area contributed by atoms with E-state index in [4.69, 9.17) is 9.15 Å². The molecule has 0 aliphatic heterocycles. The van der Waals surface area contributed by atoms with Crippen LogP contribution >= 0.6 is 15.9 Å². The normalized spacial score (nSPS) is 14.1. The maximum Gasteiger partial charge on any atom is 0.325 e. The number of aromatic nitrogens is 2. The highest BCUT2D eigenvalue weighted by Crippen LogP contribution is 2.40. The Morgan fingerprint density at radius 2 is 2.19 bits per heavy atom. The van der Waals surface area contributed by atoms with Crippen molar-refractivity contribution >= 4 is 49.9 Å². The van der Waals surface area contributed by atoms with E-state index in [2.05, 4.69) is 20.9 Å². The van der Waals surface area contributed by atoms with Crippen LogP contribution in [0.25, 0.3) is 22.0 Å². The molecule has 4 rings (SSSR count). The number of rotatable bonds is 5. The second-order valence-electron chi connectivity index (χ2n) is 6.81. The van der Waals surface area contributed by atoms with Crippen molar-refractivity contribution in [2.45, 2.75) is 32.7 Å². The molecule has 0 N–H and O–H groups in total. The molecule has 2 aromatic heterocycles. The molecule has 27 heavy (non-hydrogen) atoms. The minimum atomic E-state index is -0.373. The van der Waals surface area contributed by atoms with Gasteiger partial charge in [0, 0.05) is 22.9 Å². The predicted octanol–water partition coefficient (Wildman–Crippen LogP) is 3.55. The van der Waals surface area contributed by atoms with Crippen LogP contribution in [0.4, 0.5) is 6.01 Å². The minimum absolute atomic E-state index is 0.0000140. The lowest BCUT2D eigenvalue weighted by molar-refractivity contribution is -0.141. The minimum Gasteiger partial charge on any atom is -0.465 e. The van der Waals surface area contributed by atoms with Gasteiger partial charge in [-0.15, -0.1) is 0 Å². The molecule has 3 aromatic rings. The molecule has 0 bridgehead atoms. The fraction of sp³-hybridized carbons (Fsp3) is 0.421. The Labute approximate surface area is 164 Å². The second-order valence-corrected chi connectivity index (χ2v) is 7.66. The van der Waals surface area contributed by atoms with Crippen LogP contribution in [0.15, 0.2) is 25.8 Å². The van der Waals surface area contributed by atoms with Crippen LogP contribution in [0.3, 0.4) is 0 Å². The van der Waals surface area contributed by atoms with Gasteiger partial charge in [-0.2, -0.15) is 4.98 Å². The number of fused-ring (bicyclic) bond motifs is 3. The van der Waals surface area contributed by atoms with Gasteiger partial charge in [-0.05, 0) is 44.4 Å². The lowest BCUT2D eigenvalue weighted by atomic mass is 10.1. The molecule has 0 saturated heterocycles. The fourth-order valence-corrected chi connectivity index (χ4v) is 3.65. The summed E-state index contributed by atoms with van der Waals surface area (Å²) in [5.41, 5.74) is 2.46. The van der Waals surface area contributed by atoms with Crippen LogP contribution in [-0.4, -0.2) is 35.7 Å². The molecule has 1 fully saturated rings. The summed E-state index contributed by atoms with van der Waals surface area (Å²) in [6.07, 6.45) is 1.97. The van der Waals surface area contributed by atoms with Gasteiger partial charge in [0.1, 0.15) is 6.54 Å². The number of nitrogens with zero attached hydrogens (tertiary/aromatic N) is 3. The number of carbonyl (C=O) groups is 1. The number of carbonyl (C=O) groups excluding carboxylic acids is 1. The molecule has 0 unspecified atom stereocenters. The molecule has 0 amide bonds. The number of aryl methyl sites for hydroxylation is 1. The molecular weight excluding hydrogens is 414 g/mol. The summed E-state index contributed by atoms with van der Waals surface area (Å²) in [5.74, 6) is -0.373. The van der Waals surface area contributed by atoms with Gasteiger partial charge in [0.2, 0.25) is 0 Å². The molecule has 142 valence electrons. The van der Waals surface area contributed by atoms with E-state index in [1.165, 1.54) is 0 Å². The summed E-state index contributed by atoms with van der Waals surface area (Å²) in [7, 11) is 1.69. The summed E-state index contributed by atoms with van der Waals surface area (Å²) >= 11 is 3.56. The van der Waals surface area contributed by atoms with Crippen molar-refractivity contribution in [2.24, 2.45) is 0 Å². The quantitative estimate of drug-likeness (QED) is 0.572. The molecule has 0 spiro atoms. The van der Waals surface area contributed by atoms with Gasteiger partial charge in [-0.3, -0.25) is 9.59 Å². The third-order valence-electron chi connectivity index (χ3n) is 4.80. The van der Waals surface area contributed by atoms with Gasteiger partial charge < -0.3 is 18.6 Å². The molecule has 8 heteroatoms. The van der Waals surface area contributed by atoms with Crippen molar-refractivity contribution in [3.05, 3.63) is 32.5 Å². The highest BCUT2D eigenvalue weighted by Gasteiger charge is 2.30. The van der Waals surface area contributed by atoms with E-state index in [1.807, 2.05) is 23.6 Å². The van der Waals surface area contributed by atoms with Crippen LogP contribution in [0.5, 0.6) is 0 Å². The van der Waals surface area contributed by atoms with E-state index in [9.17, 15) is 9.59 Å². The van der Waals surface area contributed by atoms with Crippen LogP contribution in [0, 0.1) is 6.92 Å². The molecule has 7 nitrogen and oxygen atoms in total. The number of ether oxygens (including phenoxy) is 1. The Bertz CT molecular complexity index is 1110. The smallest absolute Gasteiger partial charge is 0.325 e. The molecule has 0 atom stereocenters. The Morgan fingerprint density at radius 1 is 1.44 bits per heavy atom. The monoisotopic (exact) mass is 433 g/mol. The molecular formula is C19H20BrN3O4. The van der Waals surface area contributed by atoms with Crippen molar-refractivity contribution in [1.82, 2.24) is 9.55 Å². The van der Waals surface area contributed by atoms with Gasteiger partial charge in [0.15, 0.2) is 11.1 Å². The van der Waals surface area contributed by atoms with E-state index in [0.29, 0.717) is 17.7 Å². The van der Waals surface area contributed by atoms with E-state index in [-0.39, 0.29) is 30.1 Å². The van der Waals surface area contributed by atoms with E-state index >= 15 is 0 Å². The summed E-state index contributed by atoms with van der Waals surface area (Å²) in [5, 5.41) is 0.848. The average Bonchev–Trinajstić information content (AvgIpc) is 3.35. The van der Waals surface area contributed by atoms with Crippen molar-refractivity contribution in [2.75, 3.05) is 25.1 Å². The molecule has 1 aromatic carbocycles. The highest BCUT2D eigenvalue weighted by atomic mass is 79.9. The first kappa shape index (κ1) is 18.0. The topological polar surface area (TPSA) is 77.6 Å². The Hall–Kier alpha value is -2.35. The molecule has 1 aliphatic carbocycles. The Morgan fingerprint density at radius 3 is 2.85 bits per heavy atom. The average molecular weight is 434 g/mol. The van der Waals surface area contributed by atoms with Gasteiger partial charge in [-0.25, -0.2) is 0 Å². The predicted molar refractivity (Wildman–Crippen MR) is 106 cm³/mol. The van der Waals surface area contributed by atoms with Crippen molar-refractivity contribution in [1.29, 1.82) is 0 Å². The second kappa shape index (κ2) is 6.67. The molecule has 0 radical (unpaired) electrons. The van der Waals surface area contributed by atoms with Gasteiger partial charge in [0.25, 0.3) is 11.6 Å². The first-order chi connectivity index (χ1) is 12.9. The van der Waals surface area contributed by atoms with Crippen molar-refractivity contribution < 1.29 is 13.9 Å². The van der Waals surface area contributed by atoms with Crippen LogP contribution < -0.4 is 10.5 Å². The highest BCUT2D eigenvalue weighted by molar-refractivity contribution is 9.10. The summed E-state index contributed by atoms with van der Waals surface area (Å²) in [4.78, 5) is 30.9. The number of hydrogen-bond donors (Lipinski definition) is 0. The summed E-state index contributed by atoms with van der Waals surface area (Å²) in [6, 6.07) is 4.32. The van der Waals surface area contributed by atoms with Gasteiger partial charge >= 0.3 is 5.97 Å². The molecule has 1 aliphatic rings. The first-order valence-electron chi connectivity index (χ1n) is 8.93. The number of oxazole rings is 1. The van der Waals surface area contributed by atoms with Crippen LogP contribution in [0.2, 0.25) is 0 Å². The van der Waals surface area contributed by atoms with Crippen LogP contribution in [-0.2, 0) is 9.53 Å². The maximum atomic E-state index is 13.2. The third kappa shape index (κ3) is 3.01. The van der Waals surface area contributed by atoms with E-state index < -0.39 is 0 Å². The number of hydrogen-bond acceptors (Lipinski definition) is 6. The van der Waals surface area contributed by atoms with E-state index in [1.54, 1.807) is 18.9 Å². The summed E-state index contributed by atoms with van der Waals surface area (Å²) in [6.45, 7) is 4.05. The summed E-state index contributed by atoms with van der Waals surface area (Å²) < 4.78 is 13.7. The first-order valence-corrected chi connectivity index (χ1v) is 9.72. The number of esters is 1. The van der Waals surface area contributed by atoms with Crippen molar-refractivity contribution in [3.63, 3.8) is 0 Å². The van der Waals surface area contributed by atoms with E-state index in [0.717, 1.165) is 33.8 Å². The van der Waals surface area contributed by atoms with Crippen molar-refractivity contribution in [3.8, 4) is 0 Å². The number of benzene rings is 1. The number of anilines is 1. The largest absolute Gasteiger partial charge is 0.465 e.